The van der Waals surface area contributed by atoms with Gasteiger partial charge < -0.3 is 34.5 Å². The monoisotopic (exact) mass is 764 g/mol. The molecule has 2 unspecified atom stereocenters. The maximum absolute atomic E-state index is 13.3. The fourth-order valence-corrected chi connectivity index (χ4v) is 6.32. The van der Waals surface area contributed by atoms with Gasteiger partial charge in [-0.3, -0.25) is 9.59 Å². The predicted octanol–water partition coefficient (Wildman–Crippen LogP) is 4.37. The van der Waals surface area contributed by atoms with Gasteiger partial charge >= 0.3 is 12.1 Å². The number of carbonyl (C=O) groups excluding carboxylic acids is 4. The molecular weight excluding hydrogens is 721 g/mol. The minimum atomic E-state index is -1.43. The van der Waals surface area contributed by atoms with Gasteiger partial charge in [0.2, 0.25) is 12.2 Å². The summed E-state index contributed by atoms with van der Waals surface area (Å²) in [5, 5.41) is 26.2. The van der Waals surface area contributed by atoms with Gasteiger partial charge in [0.05, 0.1) is 10.8 Å². The Labute approximate surface area is 309 Å². The highest BCUT2D eigenvalue weighted by atomic mass is 32.2. The number of ether oxygens (including phenoxy) is 3. The van der Waals surface area contributed by atoms with Crippen molar-refractivity contribution < 1.29 is 53.8 Å². The Bertz CT molecular complexity index is 1670. The van der Waals surface area contributed by atoms with Crippen molar-refractivity contribution in [2.24, 2.45) is 10.8 Å². The van der Waals surface area contributed by atoms with Crippen molar-refractivity contribution >= 4 is 57.0 Å². The normalized spacial score (nSPS) is 13.4. The third-order valence-electron chi connectivity index (χ3n) is 7.65. The van der Waals surface area contributed by atoms with Gasteiger partial charge in [0.15, 0.2) is 5.12 Å². The van der Waals surface area contributed by atoms with E-state index in [2.05, 4.69) is 10.2 Å². The van der Waals surface area contributed by atoms with Crippen LogP contribution in [0.1, 0.15) is 52.0 Å². The number of esters is 1. The summed E-state index contributed by atoms with van der Waals surface area (Å²) >= 11 is 2.16. The number of carbonyl (C=O) groups is 4. The molecule has 18 heteroatoms. The Morgan fingerprint density at radius 3 is 2.38 bits per heavy atom. The zero-order valence-corrected chi connectivity index (χ0v) is 31.4. The Morgan fingerprint density at radius 2 is 1.71 bits per heavy atom. The first-order valence-corrected chi connectivity index (χ1v) is 18.0. The highest BCUT2D eigenvalue weighted by Gasteiger charge is 2.36. The van der Waals surface area contributed by atoms with Crippen molar-refractivity contribution in [1.82, 2.24) is 10.2 Å². The van der Waals surface area contributed by atoms with E-state index in [1.165, 1.54) is 57.9 Å². The number of quaternary nitrogens is 1. The SMILES string of the molecule is CC(OC(=O)C(CSC(=O)C(C)(C)CO[N+](=O)[O-])NC(=O)C(C)(C)CO[NH2+][O-])OC(=O)N(C)CC[C@H](Oc1cccc2ccccc12)c1cccs1. The quantitative estimate of drug-likeness (QED) is 0.0709. The molecule has 2 aromatic carbocycles. The summed E-state index contributed by atoms with van der Waals surface area (Å²) in [5.41, 5.74) is -2.41. The van der Waals surface area contributed by atoms with Crippen LogP contribution in [-0.2, 0) is 33.5 Å². The number of nitrogens with one attached hydrogen (secondary N) is 1. The second kappa shape index (κ2) is 19.4. The Hall–Kier alpha value is -4.49. The van der Waals surface area contributed by atoms with Gasteiger partial charge in [-0.25, -0.2) is 20.1 Å². The molecule has 0 aliphatic carbocycles. The summed E-state index contributed by atoms with van der Waals surface area (Å²) in [6.45, 7) is 6.50. The lowest BCUT2D eigenvalue weighted by Gasteiger charge is -2.27. The van der Waals surface area contributed by atoms with Crippen molar-refractivity contribution in [3.8, 4) is 5.75 Å². The van der Waals surface area contributed by atoms with E-state index in [4.69, 9.17) is 19.0 Å². The van der Waals surface area contributed by atoms with Gasteiger partial charge in [-0.05, 0) is 36.7 Å². The van der Waals surface area contributed by atoms with Gasteiger partial charge in [-0.15, -0.1) is 21.5 Å². The predicted molar refractivity (Wildman–Crippen MR) is 192 cm³/mol. The van der Waals surface area contributed by atoms with Gasteiger partial charge in [-0.1, -0.05) is 68.1 Å². The van der Waals surface area contributed by atoms with Crippen LogP contribution in [0.25, 0.3) is 10.8 Å². The van der Waals surface area contributed by atoms with Crippen molar-refractivity contribution in [1.29, 1.82) is 0 Å². The van der Waals surface area contributed by atoms with E-state index in [-0.39, 0.29) is 30.7 Å². The summed E-state index contributed by atoms with van der Waals surface area (Å²) in [6.07, 6.45) is -2.16. The number of rotatable bonds is 20. The standard InChI is InChI=1S/C34H44N4O12S2/c1-22(48-29(39)25(35-30(40)33(2,3)20-46-36-43)19-52-31(41)34(4,5)21-47-38(44)45)49-32(42)37(6)17-16-27(28-15-10-18-51-28)50-26-14-9-12-23-11-7-8-13-24(23)26/h7-15,18,22,25,27H,16-17,19-21,36H2,1-6H3,(H,35,40)/t22?,25?,27-/m0/s1. The van der Waals surface area contributed by atoms with E-state index in [1.807, 2.05) is 60.0 Å². The van der Waals surface area contributed by atoms with Crippen LogP contribution in [0.4, 0.5) is 4.79 Å². The first-order valence-electron chi connectivity index (χ1n) is 16.1. The summed E-state index contributed by atoms with van der Waals surface area (Å²) in [5.74, 6) is -1.35. The molecule has 3 rings (SSSR count). The van der Waals surface area contributed by atoms with Crippen LogP contribution in [-0.4, -0.2) is 78.0 Å². The molecule has 3 N–H and O–H groups in total. The molecule has 284 valence electrons. The molecule has 3 aromatic rings. The Morgan fingerprint density at radius 1 is 1.00 bits per heavy atom. The zero-order valence-electron chi connectivity index (χ0n) is 29.7. The molecule has 3 atom stereocenters. The highest BCUT2D eigenvalue weighted by molar-refractivity contribution is 8.13. The number of amides is 2. The Kier molecular flexibility index (Phi) is 15.6. The van der Waals surface area contributed by atoms with Crippen LogP contribution >= 0.6 is 23.1 Å². The average Bonchev–Trinajstić information content (AvgIpc) is 3.64. The number of benzene rings is 2. The van der Waals surface area contributed by atoms with Crippen molar-refractivity contribution in [3.63, 3.8) is 0 Å². The molecule has 0 fully saturated rings. The number of hydrogen-bond donors (Lipinski definition) is 2. The van der Waals surface area contributed by atoms with E-state index >= 15 is 0 Å². The molecule has 0 saturated carbocycles. The largest absolute Gasteiger partial charge is 0.601 e. The van der Waals surface area contributed by atoms with E-state index in [1.54, 1.807) is 0 Å². The minimum Gasteiger partial charge on any atom is -0.601 e. The summed E-state index contributed by atoms with van der Waals surface area (Å²) < 4.78 is 17.2. The van der Waals surface area contributed by atoms with Crippen LogP contribution in [0.5, 0.6) is 5.75 Å². The first kappa shape index (κ1) is 41.9. The molecule has 0 spiro atoms. The summed E-state index contributed by atoms with van der Waals surface area (Å²) in [4.78, 5) is 74.2. The van der Waals surface area contributed by atoms with Crippen LogP contribution in [0.15, 0.2) is 60.0 Å². The summed E-state index contributed by atoms with van der Waals surface area (Å²) in [7, 11) is 1.53. The lowest BCUT2D eigenvalue weighted by atomic mass is 9.93. The minimum absolute atomic E-state index is 0.178. The summed E-state index contributed by atoms with van der Waals surface area (Å²) in [6, 6.07) is 16.1. The molecule has 16 nitrogen and oxygen atoms in total. The van der Waals surface area contributed by atoms with Gasteiger partial charge in [0, 0.05) is 43.0 Å². The van der Waals surface area contributed by atoms with Crippen molar-refractivity contribution in [3.05, 3.63) is 80.2 Å². The van der Waals surface area contributed by atoms with Crippen LogP contribution < -0.4 is 15.7 Å². The second-order valence-electron chi connectivity index (χ2n) is 13.0. The van der Waals surface area contributed by atoms with Gasteiger partial charge in [0.1, 0.15) is 31.1 Å². The number of fused-ring (bicyclic) bond motifs is 1. The third kappa shape index (κ3) is 12.6. The fraction of sp³-hybridized carbons (Fsp3) is 0.471. The maximum Gasteiger partial charge on any atom is 0.412 e. The van der Waals surface area contributed by atoms with Crippen LogP contribution in [0.2, 0.25) is 0 Å². The van der Waals surface area contributed by atoms with E-state index < -0.39 is 57.9 Å². The molecule has 2 amide bonds. The molecule has 0 bridgehead atoms. The number of thioether (sulfide) groups is 1. The van der Waals surface area contributed by atoms with E-state index in [0.29, 0.717) is 23.9 Å². The number of nitrogens with two attached hydrogens (primary N) is 1. The molecule has 1 heterocycles. The number of thiophene rings is 1. The lowest BCUT2D eigenvalue weighted by molar-refractivity contribution is -0.852. The molecule has 0 aliphatic heterocycles. The molecule has 1 aromatic heterocycles. The second-order valence-corrected chi connectivity index (χ2v) is 15.0. The van der Waals surface area contributed by atoms with Crippen molar-refractivity contribution in [2.75, 3.05) is 32.6 Å². The number of hydrogen-bond acceptors (Lipinski definition) is 14. The molecule has 0 aliphatic rings. The van der Waals surface area contributed by atoms with Crippen LogP contribution in [0, 0.1) is 26.2 Å². The molecule has 0 saturated heterocycles. The molecule has 52 heavy (non-hydrogen) atoms. The Balaban J connectivity index is 1.64. The smallest absolute Gasteiger partial charge is 0.412 e. The molecular formula is C34H44N4O12S2. The average molecular weight is 765 g/mol. The highest BCUT2D eigenvalue weighted by Crippen LogP contribution is 2.33. The fourth-order valence-electron chi connectivity index (χ4n) is 4.55. The van der Waals surface area contributed by atoms with E-state index in [0.717, 1.165) is 15.6 Å². The topological polar surface area (TPSA) is 213 Å². The lowest BCUT2D eigenvalue weighted by Crippen LogP contribution is -2.77. The zero-order chi connectivity index (χ0) is 38.5. The number of nitrogens with zero attached hydrogens (tertiary/aromatic N) is 2. The first-order chi connectivity index (χ1) is 24.5. The van der Waals surface area contributed by atoms with E-state index in [9.17, 15) is 34.5 Å². The van der Waals surface area contributed by atoms with Crippen molar-refractivity contribution in [2.45, 2.75) is 59.5 Å². The maximum atomic E-state index is 13.3. The van der Waals surface area contributed by atoms with Crippen LogP contribution in [0.3, 0.4) is 0 Å². The third-order valence-corrected chi connectivity index (χ3v) is 9.93. The molecule has 0 radical (unpaired) electrons. The van der Waals surface area contributed by atoms with Gasteiger partial charge in [-0.2, -0.15) is 0 Å². The van der Waals surface area contributed by atoms with Gasteiger partial charge in [0.25, 0.3) is 5.09 Å².